The van der Waals surface area contributed by atoms with Crippen LogP contribution in [0.1, 0.15) is 43.2 Å². The second kappa shape index (κ2) is 10.1. The molecule has 1 atom stereocenters. The van der Waals surface area contributed by atoms with E-state index in [0.29, 0.717) is 23.1 Å². The van der Waals surface area contributed by atoms with Gasteiger partial charge in [-0.2, -0.15) is 5.26 Å². The fourth-order valence-corrected chi connectivity index (χ4v) is 4.21. The number of pyridine rings is 3. The van der Waals surface area contributed by atoms with Gasteiger partial charge in [-0.25, -0.2) is 15.0 Å². The van der Waals surface area contributed by atoms with Gasteiger partial charge in [-0.15, -0.1) is 12.4 Å². The third kappa shape index (κ3) is 5.43. The highest BCUT2D eigenvalue weighted by atomic mass is 35.5. The van der Waals surface area contributed by atoms with Crippen molar-refractivity contribution in [3.8, 4) is 17.3 Å². The largest absolute Gasteiger partial charge is 0.354 e. The standard InChI is InChI=1S/C25H25N7O.ClH/c1-16(33)29-21-7-9-32(15-21)25-5-4-19(14-28-25)22-11-20(18-2-3-18)12-24(30-22)31-23-10-17(13-26)6-8-27-23;/h4-6,8,10-12,14,18,21H,2-3,7,9,15H2,1H3,(H,29,33)(H,27,30,31);1H/t21-;/m1./s1. The van der Waals surface area contributed by atoms with E-state index in [0.717, 1.165) is 36.6 Å². The Balaban J connectivity index is 0.00000274. The highest BCUT2D eigenvalue weighted by Gasteiger charge is 2.26. The predicted octanol–water partition coefficient (Wildman–Crippen LogP) is 4.17. The van der Waals surface area contributed by atoms with E-state index < -0.39 is 0 Å². The minimum absolute atomic E-state index is 0. The van der Waals surface area contributed by atoms with E-state index in [1.165, 1.54) is 18.4 Å². The Hall–Kier alpha value is -3.70. The van der Waals surface area contributed by atoms with Gasteiger partial charge in [0.1, 0.15) is 17.5 Å². The summed E-state index contributed by atoms with van der Waals surface area (Å²) in [5, 5.41) is 15.4. The average molecular weight is 476 g/mol. The number of carbonyl (C=O) groups excluding carboxylic acids is 1. The van der Waals surface area contributed by atoms with Gasteiger partial charge >= 0.3 is 0 Å². The van der Waals surface area contributed by atoms with E-state index in [1.807, 2.05) is 18.3 Å². The molecule has 174 valence electrons. The van der Waals surface area contributed by atoms with E-state index in [-0.39, 0.29) is 24.4 Å². The van der Waals surface area contributed by atoms with Crippen LogP contribution in [0.5, 0.6) is 0 Å². The van der Waals surface area contributed by atoms with Crippen molar-refractivity contribution >= 4 is 35.8 Å². The number of amides is 1. The van der Waals surface area contributed by atoms with E-state index >= 15 is 0 Å². The Bertz CT molecular complexity index is 1220. The molecule has 0 radical (unpaired) electrons. The minimum Gasteiger partial charge on any atom is -0.354 e. The summed E-state index contributed by atoms with van der Waals surface area (Å²) >= 11 is 0. The van der Waals surface area contributed by atoms with Gasteiger partial charge in [0.05, 0.1) is 17.3 Å². The van der Waals surface area contributed by atoms with Crippen molar-refractivity contribution in [2.45, 2.75) is 38.1 Å². The second-order valence-electron chi connectivity index (χ2n) is 8.65. The van der Waals surface area contributed by atoms with Gasteiger partial charge in [-0.1, -0.05) is 0 Å². The lowest BCUT2D eigenvalue weighted by Crippen LogP contribution is -2.35. The Morgan fingerprint density at radius 2 is 1.97 bits per heavy atom. The lowest BCUT2D eigenvalue weighted by molar-refractivity contribution is -0.119. The molecule has 0 unspecified atom stereocenters. The topological polar surface area (TPSA) is 107 Å². The molecule has 3 aromatic rings. The summed E-state index contributed by atoms with van der Waals surface area (Å²) in [6.45, 7) is 3.19. The maximum absolute atomic E-state index is 11.3. The average Bonchev–Trinajstić information content (AvgIpc) is 3.58. The van der Waals surface area contributed by atoms with Crippen LogP contribution in [0, 0.1) is 11.3 Å². The molecule has 1 aliphatic carbocycles. The Morgan fingerprint density at radius 1 is 1.12 bits per heavy atom. The van der Waals surface area contributed by atoms with Crippen molar-refractivity contribution in [3.05, 3.63) is 59.9 Å². The summed E-state index contributed by atoms with van der Waals surface area (Å²) in [4.78, 5) is 27.3. The van der Waals surface area contributed by atoms with Crippen LogP contribution in [-0.2, 0) is 4.79 Å². The molecule has 2 N–H and O–H groups in total. The number of carbonyl (C=O) groups is 1. The van der Waals surface area contributed by atoms with Gasteiger partial charge in [-0.3, -0.25) is 4.79 Å². The van der Waals surface area contributed by atoms with Crippen LogP contribution in [0.25, 0.3) is 11.3 Å². The van der Waals surface area contributed by atoms with Gasteiger partial charge in [0.25, 0.3) is 0 Å². The van der Waals surface area contributed by atoms with Crippen molar-refractivity contribution in [2.75, 3.05) is 23.3 Å². The molecule has 34 heavy (non-hydrogen) atoms. The number of rotatable bonds is 6. The Labute approximate surface area is 204 Å². The quantitative estimate of drug-likeness (QED) is 0.551. The molecule has 0 bridgehead atoms. The third-order valence-electron chi connectivity index (χ3n) is 6.00. The number of anilines is 3. The van der Waals surface area contributed by atoms with Gasteiger partial charge in [0.15, 0.2) is 0 Å². The van der Waals surface area contributed by atoms with Crippen LogP contribution < -0.4 is 15.5 Å². The number of nitrogens with one attached hydrogen (secondary N) is 2. The van der Waals surface area contributed by atoms with Crippen LogP contribution in [0.4, 0.5) is 17.5 Å². The smallest absolute Gasteiger partial charge is 0.217 e. The van der Waals surface area contributed by atoms with Crippen LogP contribution in [-0.4, -0.2) is 40.0 Å². The van der Waals surface area contributed by atoms with E-state index in [2.05, 4.69) is 43.7 Å². The molecule has 1 saturated carbocycles. The van der Waals surface area contributed by atoms with Crippen molar-refractivity contribution in [1.29, 1.82) is 5.26 Å². The fourth-order valence-electron chi connectivity index (χ4n) is 4.21. The summed E-state index contributed by atoms with van der Waals surface area (Å²) < 4.78 is 0. The summed E-state index contributed by atoms with van der Waals surface area (Å²) in [7, 11) is 0. The predicted molar refractivity (Wildman–Crippen MR) is 133 cm³/mol. The Kier molecular flexibility index (Phi) is 6.94. The van der Waals surface area contributed by atoms with Crippen LogP contribution in [0.3, 0.4) is 0 Å². The number of nitrogens with zero attached hydrogens (tertiary/aromatic N) is 5. The molecule has 0 spiro atoms. The highest BCUT2D eigenvalue weighted by Crippen LogP contribution is 2.42. The zero-order valence-electron chi connectivity index (χ0n) is 18.9. The summed E-state index contributed by atoms with van der Waals surface area (Å²) in [6, 6.07) is 14.0. The number of aromatic nitrogens is 3. The molecule has 5 rings (SSSR count). The van der Waals surface area contributed by atoms with Gasteiger partial charge in [0.2, 0.25) is 5.91 Å². The first-order chi connectivity index (χ1) is 16.1. The van der Waals surface area contributed by atoms with Gasteiger partial charge < -0.3 is 15.5 Å². The molecule has 2 aliphatic rings. The second-order valence-corrected chi connectivity index (χ2v) is 8.65. The monoisotopic (exact) mass is 475 g/mol. The molecule has 1 amide bonds. The van der Waals surface area contributed by atoms with Gasteiger partial charge in [-0.05, 0) is 67.1 Å². The molecule has 8 nitrogen and oxygen atoms in total. The van der Waals surface area contributed by atoms with Crippen molar-refractivity contribution < 1.29 is 4.79 Å². The molecular weight excluding hydrogens is 450 g/mol. The molecule has 0 aromatic carbocycles. The molecule has 4 heterocycles. The Morgan fingerprint density at radius 3 is 2.68 bits per heavy atom. The summed E-state index contributed by atoms with van der Waals surface area (Å²) in [6.07, 6.45) is 6.77. The fraction of sp³-hybridized carbons (Fsp3) is 0.320. The van der Waals surface area contributed by atoms with E-state index in [1.54, 1.807) is 25.3 Å². The molecule has 9 heteroatoms. The number of hydrogen-bond acceptors (Lipinski definition) is 7. The van der Waals surface area contributed by atoms with Crippen LogP contribution >= 0.6 is 12.4 Å². The van der Waals surface area contributed by atoms with Crippen molar-refractivity contribution in [2.24, 2.45) is 0 Å². The maximum atomic E-state index is 11.3. The van der Waals surface area contributed by atoms with Gasteiger partial charge in [0, 0.05) is 44.0 Å². The van der Waals surface area contributed by atoms with Crippen molar-refractivity contribution in [3.63, 3.8) is 0 Å². The minimum atomic E-state index is 0. The number of hydrogen-bond donors (Lipinski definition) is 2. The molecule has 2 fully saturated rings. The van der Waals surface area contributed by atoms with Crippen molar-refractivity contribution in [1.82, 2.24) is 20.3 Å². The molecule has 1 saturated heterocycles. The summed E-state index contributed by atoms with van der Waals surface area (Å²) in [5.41, 5.74) is 3.60. The number of halogens is 1. The lowest BCUT2D eigenvalue weighted by atomic mass is 10.1. The lowest BCUT2D eigenvalue weighted by Gasteiger charge is -2.18. The first kappa shape index (κ1) is 23.5. The zero-order chi connectivity index (χ0) is 22.8. The van der Waals surface area contributed by atoms with Crippen LogP contribution in [0.2, 0.25) is 0 Å². The number of nitriles is 1. The molecular formula is C25H26ClN7O. The molecule has 1 aliphatic heterocycles. The zero-order valence-corrected chi connectivity index (χ0v) is 19.7. The third-order valence-corrected chi connectivity index (χ3v) is 6.00. The SMILES string of the molecule is CC(=O)N[C@@H]1CCN(c2ccc(-c3cc(C4CC4)cc(Nc4cc(C#N)ccn4)n3)cn2)C1.Cl. The first-order valence-electron chi connectivity index (χ1n) is 11.2. The van der Waals surface area contributed by atoms with Crippen LogP contribution in [0.15, 0.2) is 48.8 Å². The van der Waals surface area contributed by atoms with E-state index in [4.69, 9.17) is 10.2 Å². The van der Waals surface area contributed by atoms with E-state index in [9.17, 15) is 4.79 Å². The first-order valence-corrected chi connectivity index (χ1v) is 11.2. The summed E-state index contributed by atoms with van der Waals surface area (Å²) in [5.74, 6) is 2.77. The molecule has 3 aromatic heterocycles. The normalized spacial score (nSPS) is 16.9. The maximum Gasteiger partial charge on any atom is 0.217 e. The highest BCUT2D eigenvalue weighted by molar-refractivity contribution is 5.85.